The van der Waals surface area contributed by atoms with E-state index in [2.05, 4.69) is 34.3 Å². The van der Waals surface area contributed by atoms with Gasteiger partial charge < -0.3 is 15.0 Å². The Kier molecular flexibility index (Phi) is 5.64. The van der Waals surface area contributed by atoms with Crippen LogP contribution in [0, 0.1) is 12.8 Å². The first kappa shape index (κ1) is 18.2. The minimum atomic E-state index is -2.84. The Morgan fingerprint density at radius 1 is 1.40 bits per heavy atom. The average molecular weight is 365 g/mol. The Balaban J connectivity index is 1.60. The zero-order valence-corrected chi connectivity index (χ0v) is 15.8. The van der Waals surface area contributed by atoms with Gasteiger partial charge in [-0.3, -0.25) is 4.99 Å². The Labute approximate surface area is 150 Å². The van der Waals surface area contributed by atoms with Gasteiger partial charge in [0.2, 0.25) is 0 Å². The second-order valence-electron chi connectivity index (χ2n) is 6.86. The van der Waals surface area contributed by atoms with Crippen LogP contribution in [0.25, 0.3) is 0 Å². The molecule has 2 aliphatic heterocycles. The number of rotatable bonds is 3. The molecule has 2 atom stereocenters. The van der Waals surface area contributed by atoms with Gasteiger partial charge in [0.15, 0.2) is 15.8 Å². The first-order valence-electron chi connectivity index (χ1n) is 8.81. The third-order valence-electron chi connectivity index (χ3n) is 4.99. The Morgan fingerprint density at radius 2 is 2.20 bits per heavy atom. The number of aryl methyl sites for hydroxylation is 1. The van der Waals surface area contributed by atoms with Gasteiger partial charge in [-0.1, -0.05) is 24.3 Å². The van der Waals surface area contributed by atoms with Crippen molar-refractivity contribution in [2.75, 3.05) is 44.8 Å². The Hall–Kier alpha value is -1.60. The summed E-state index contributed by atoms with van der Waals surface area (Å²) in [5.74, 6) is 1.60. The fraction of sp³-hybridized carbons (Fsp3) is 0.611. The van der Waals surface area contributed by atoms with Crippen molar-refractivity contribution >= 4 is 15.8 Å². The zero-order valence-electron chi connectivity index (χ0n) is 14.9. The summed E-state index contributed by atoms with van der Waals surface area (Å²) in [6.07, 6.45) is 0.765. The van der Waals surface area contributed by atoms with Crippen LogP contribution in [0.3, 0.4) is 0 Å². The highest BCUT2D eigenvalue weighted by molar-refractivity contribution is 7.91. The van der Waals surface area contributed by atoms with Crippen LogP contribution in [-0.2, 0) is 14.6 Å². The molecule has 3 rings (SSSR count). The second-order valence-corrected chi connectivity index (χ2v) is 9.09. The first-order chi connectivity index (χ1) is 12.0. The topological polar surface area (TPSA) is 71.0 Å². The zero-order chi connectivity index (χ0) is 17.9. The Morgan fingerprint density at radius 3 is 2.88 bits per heavy atom. The molecule has 0 aromatic heterocycles. The van der Waals surface area contributed by atoms with E-state index in [1.807, 2.05) is 12.1 Å². The van der Waals surface area contributed by atoms with E-state index in [-0.39, 0.29) is 17.8 Å². The summed E-state index contributed by atoms with van der Waals surface area (Å²) in [4.78, 5) is 6.58. The standard InChI is InChI=1S/C18H27N3O3S/c1-14-5-3-4-6-16(14)17-12-21(8-9-24-17)18(19-2)20-11-15-7-10-25(22,23)13-15/h3-6,15,17H,7-13H2,1-2H3,(H,19,20). The minimum Gasteiger partial charge on any atom is -0.370 e. The van der Waals surface area contributed by atoms with Crippen LogP contribution in [0.1, 0.15) is 23.7 Å². The molecule has 2 fully saturated rings. The molecule has 25 heavy (non-hydrogen) atoms. The molecule has 7 heteroatoms. The Bertz CT molecular complexity index is 733. The van der Waals surface area contributed by atoms with E-state index in [1.54, 1.807) is 7.05 Å². The van der Waals surface area contributed by atoms with Crippen LogP contribution < -0.4 is 5.32 Å². The quantitative estimate of drug-likeness (QED) is 0.647. The number of hydrogen-bond donors (Lipinski definition) is 1. The van der Waals surface area contributed by atoms with Crippen LogP contribution in [0.5, 0.6) is 0 Å². The molecule has 2 aliphatic rings. The van der Waals surface area contributed by atoms with Crippen LogP contribution in [-0.4, -0.2) is 64.1 Å². The van der Waals surface area contributed by atoms with E-state index in [4.69, 9.17) is 4.74 Å². The van der Waals surface area contributed by atoms with E-state index in [9.17, 15) is 8.42 Å². The monoisotopic (exact) mass is 365 g/mol. The highest BCUT2D eigenvalue weighted by Gasteiger charge is 2.29. The van der Waals surface area contributed by atoms with Gasteiger partial charge >= 0.3 is 0 Å². The summed E-state index contributed by atoms with van der Waals surface area (Å²) in [6, 6.07) is 8.29. The van der Waals surface area contributed by atoms with E-state index < -0.39 is 9.84 Å². The fourth-order valence-corrected chi connectivity index (χ4v) is 5.44. The average Bonchev–Trinajstić information content (AvgIpc) is 2.95. The van der Waals surface area contributed by atoms with Crippen molar-refractivity contribution in [3.63, 3.8) is 0 Å². The smallest absolute Gasteiger partial charge is 0.193 e. The minimum absolute atomic E-state index is 0.0281. The van der Waals surface area contributed by atoms with Gasteiger partial charge in [0.1, 0.15) is 6.10 Å². The summed E-state index contributed by atoms with van der Waals surface area (Å²) in [5.41, 5.74) is 2.44. The number of sulfone groups is 1. The molecule has 0 aliphatic carbocycles. The molecule has 1 N–H and O–H groups in total. The number of hydrogen-bond acceptors (Lipinski definition) is 4. The number of benzene rings is 1. The van der Waals surface area contributed by atoms with Crippen molar-refractivity contribution < 1.29 is 13.2 Å². The van der Waals surface area contributed by atoms with E-state index in [0.29, 0.717) is 18.9 Å². The molecular formula is C18H27N3O3S. The summed E-state index contributed by atoms with van der Waals surface area (Å²) in [5, 5.41) is 3.36. The molecule has 138 valence electrons. The van der Waals surface area contributed by atoms with E-state index in [1.165, 1.54) is 11.1 Å². The lowest BCUT2D eigenvalue weighted by Crippen LogP contribution is -2.49. The van der Waals surface area contributed by atoms with Gasteiger partial charge in [-0.25, -0.2) is 8.42 Å². The normalized spacial score (nSPS) is 26.6. The third-order valence-corrected chi connectivity index (χ3v) is 6.83. The highest BCUT2D eigenvalue weighted by atomic mass is 32.2. The molecule has 2 heterocycles. The van der Waals surface area contributed by atoms with Crippen molar-refractivity contribution in [2.24, 2.45) is 10.9 Å². The van der Waals surface area contributed by atoms with Crippen LogP contribution in [0.2, 0.25) is 0 Å². The highest BCUT2D eigenvalue weighted by Crippen LogP contribution is 2.25. The van der Waals surface area contributed by atoms with Gasteiger partial charge in [0.25, 0.3) is 0 Å². The molecule has 1 aromatic carbocycles. The van der Waals surface area contributed by atoms with Crippen molar-refractivity contribution in [2.45, 2.75) is 19.4 Å². The molecule has 6 nitrogen and oxygen atoms in total. The molecule has 2 saturated heterocycles. The first-order valence-corrected chi connectivity index (χ1v) is 10.6. The van der Waals surface area contributed by atoms with Crippen LogP contribution >= 0.6 is 0 Å². The van der Waals surface area contributed by atoms with Crippen LogP contribution in [0.4, 0.5) is 0 Å². The summed E-state index contributed by atoms with van der Waals surface area (Å²) in [7, 11) is -1.07. The van der Waals surface area contributed by atoms with Crippen molar-refractivity contribution in [1.29, 1.82) is 0 Å². The van der Waals surface area contributed by atoms with Gasteiger partial charge in [-0.2, -0.15) is 0 Å². The fourth-order valence-electron chi connectivity index (χ4n) is 3.58. The second kappa shape index (κ2) is 7.74. The number of aliphatic imine (C=N–C) groups is 1. The van der Waals surface area contributed by atoms with Crippen molar-refractivity contribution in [1.82, 2.24) is 10.2 Å². The van der Waals surface area contributed by atoms with E-state index in [0.717, 1.165) is 25.5 Å². The van der Waals surface area contributed by atoms with Gasteiger partial charge in [-0.05, 0) is 30.4 Å². The molecule has 2 unspecified atom stereocenters. The maximum absolute atomic E-state index is 11.6. The maximum atomic E-state index is 11.6. The summed E-state index contributed by atoms with van der Waals surface area (Å²) >= 11 is 0. The lowest BCUT2D eigenvalue weighted by atomic mass is 10.0. The number of nitrogens with zero attached hydrogens (tertiary/aromatic N) is 2. The van der Waals surface area contributed by atoms with Gasteiger partial charge in [0.05, 0.1) is 24.7 Å². The molecule has 0 amide bonds. The van der Waals surface area contributed by atoms with Crippen LogP contribution in [0.15, 0.2) is 29.3 Å². The lowest BCUT2D eigenvalue weighted by molar-refractivity contribution is -0.00835. The van der Waals surface area contributed by atoms with E-state index >= 15 is 0 Å². The predicted octanol–water partition coefficient (Wildman–Crippen LogP) is 1.38. The predicted molar refractivity (Wildman–Crippen MR) is 99.6 cm³/mol. The molecule has 0 saturated carbocycles. The van der Waals surface area contributed by atoms with Gasteiger partial charge in [0, 0.05) is 20.1 Å². The SMILES string of the molecule is CN=C(NCC1CCS(=O)(=O)C1)N1CCOC(c2ccccc2C)C1. The molecule has 0 bridgehead atoms. The lowest BCUT2D eigenvalue weighted by Gasteiger charge is -2.36. The molecular weight excluding hydrogens is 338 g/mol. The summed E-state index contributed by atoms with van der Waals surface area (Å²) < 4.78 is 29.2. The number of ether oxygens (including phenoxy) is 1. The molecule has 0 radical (unpaired) electrons. The number of nitrogens with one attached hydrogen (secondary N) is 1. The summed E-state index contributed by atoms with van der Waals surface area (Å²) in [6.45, 7) is 4.93. The van der Waals surface area contributed by atoms with Crippen molar-refractivity contribution in [3.05, 3.63) is 35.4 Å². The van der Waals surface area contributed by atoms with Crippen molar-refractivity contribution in [3.8, 4) is 0 Å². The molecule has 0 spiro atoms. The van der Waals surface area contributed by atoms with Gasteiger partial charge in [-0.15, -0.1) is 0 Å². The number of guanidine groups is 1. The number of morpholine rings is 1. The third kappa shape index (κ3) is 4.52. The maximum Gasteiger partial charge on any atom is 0.193 e. The largest absolute Gasteiger partial charge is 0.370 e. The molecule has 1 aromatic rings.